The van der Waals surface area contributed by atoms with Crippen LogP contribution in [-0.2, 0) is 13.5 Å². The molecule has 1 aromatic rings. The molecule has 108 valence electrons. The molecule has 0 aliphatic heterocycles. The van der Waals surface area contributed by atoms with Crippen LogP contribution in [0.25, 0.3) is 0 Å². The van der Waals surface area contributed by atoms with Crippen LogP contribution in [0, 0.1) is 11.8 Å². The van der Waals surface area contributed by atoms with Crippen LogP contribution in [0.4, 0.5) is 11.5 Å². The maximum Gasteiger partial charge on any atom is 0.148 e. The molecule has 1 heterocycles. The van der Waals surface area contributed by atoms with Crippen molar-refractivity contribution in [2.45, 2.75) is 58.9 Å². The average Bonchev–Trinajstić information content (AvgIpc) is 2.63. The van der Waals surface area contributed by atoms with E-state index in [1.807, 2.05) is 11.7 Å². The molecule has 4 nitrogen and oxygen atoms in total. The molecule has 1 aliphatic rings. The Bertz CT molecular complexity index is 424. The summed E-state index contributed by atoms with van der Waals surface area (Å²) >= 11 is 0. The molecule has 3 N–H and O–H groups in total. The smallest absolute Gasteiger partial charge is 0.148 e. The summed E-state index contributed by atoms with van der Waals surface area (Å²) < 4.78 is 1.91. The van der Waals surface area contributed by atoms with Gasteiger partial charge in [0.25, 0.3) is 0 Å². The first-order valence-electron chi connectivity index (χ1n) is 7.62. The molecule has 2 rings (SSSR count). The van der Waals surface area contributed by atoms with Gasteiger partial charge in [0.15, 0.2) is 0 Å². The zero-order valence-corrected chi connectivity index (χ0v) is 12.7. The van der Waals surface area contributed by atoms with Crippen LogP contribution >= 0.6 is 0 Å². The first kappa shape index (κ1) is 14.2. The molecule has 1 saturated carbocycles. The first-order valence-corrected chi connectivity index (χ1v) is 7.62. The van der Waals surface area contributed by atoms with Crippen LogP contribution in [0.3, 0.4) is 0 Å². The van der Waals surface area contributed by atoms with E-state index in [-0.39, 0.29) is 0 Å². The molecule has 4 heteroatoms. The van der Waals surface area contributed by atoms with Crippen LogP contribution in [-0.4, -0.2) is 15.8 Å². The van der Waals surface area contributed by atoms with E-state index in [0.717, 1.165) is 36.0 Å². The molecule has 3 atom stereocenters. The summed E-state index contributed by atoms with van der Waals surface area (Å²) in [4.78, 5) is 0. The standard InChI is InChI=1S/C15H28N4/c1-5-7-13-14(16)15(19(4)18-13)17-12-9-6-8-10(2)11(12)3/h10-12,17H,5-9,16H2,1-4H3. The van der Waals surface area contributed by atoms with Crippen molar-refractivity contribution >= 4 is 11.5 Å². The predicted octanol–water partition coefficient (Wildman–Crippen LogP) is 3.19. The van der Waals surface area contributed by atoms with Gasteiger partial charge >= 0.3 is 0 Å². The summed E-state index contributed by atoms with van der Waals surface area (Å²) in [5.41, 5.74) is 8.12. The second kappa shape index (κ2) is 5.85. The lowest BCUT2D eigenvalue weighted by molar-refractivity contribution is 0.252. The summed E-state index contributed by atoms with van der Waals surface area (Å²) in [6.45, 7) is 6.86. The van der Waals surface area contributed by atoms with Gasteiger partial charge in [0.1, 0.15) is 5.82 Å². The van der Waals surface area contributed by atoms with E-state index in [1.54, 1.807) is 0 Å². The van der Waals surface area contributed by atoms with E-state index in [2.05, 4.69) is 31.2 Å². The Hall–Kier alpha value is -1.19. The molecule has 0 saturated heterocycles. The van der Waals surface area contributed by atoms with Crippen LogP contribution in [0.2, 0.25) is 0 Å². The Morgan fingerprint density at radius 3 is 2.79 bits per heavy atom. The van der Waals surface area contributed by atoms with Gasteiger partial charge < -0.3 is 11.1 Å². The lowest BCUT2D eigenvalue weighted by Crippen LogP contribution is -2.35. The number of aryl methyl sites for hydroxylation is 2. The van der Waals surface area contributed by atoms with Crippen molar-refractivity contribution in [2.24, 2.45) is 18.9 Å². The molecule has 1 fully saturated rings. The molecule has 0 radical (unpaired) electrons. The highest BCUT2D eigenvalue weighted by Gasteiger charge is 2.28. The molecule has 0 aromatic carbocycles. The third-order valence-electron chi connectivity index (χ3n) is 4.68. The largest absolute Gasteiger partial charge is 0.394 e. The summed E-state index contributed by atoms with van der Waals surface area (Å²) in [5.74, 6) is 2.49. The predicted molar refractivity (Wildman–Crippen MR) is 81.2 cm³/mol. The zero-order valence-electron chi connectivity index (χ0n) is 12.7. The van der Waals surface area contributed by atoms with Gasteiger partial charge in [0, 0.05) is 13.1 Å². The molecule has 0 amide bonds. The van der Waals surface area contributed by atoms with E-state index in [9.17, 15) is 0 Å². The normalized spacial score (nSPS) is 27.5. The number of anilines is 2. The second-order valence-electron chi connectivity index (χ2n) is 6.10. The monoisotopic (exact) mass is 264 g/mol. The van der Waals surface area contributed by atoms with E-state index in [0.29, 0.717) is 12.0 Å². The highest BCUT2D eigenvalue weighted by atomic mass is 15.3. The van der Waals surface area contributed by atoms with Gasteiger partial charge in [-0.05, 0) is 24.7 Å². The number of nitrogens with two attached hydrogens (primary N) is 1. The number of hydrogen-bond donors (Lipinski definition) is 2. The Morgan fingerprint density at radius 1 is 1.37 bits per heavy atom. The van der Waals surface area contributed by atoms with Crippen LogP contribution < -0.4 is 11.1 Å². The number of nitrogens with one attached hydrogen (secondary N) is 1. The molecular weight excluding hydrogens is 236 g/mol. The molecule has 19 heavy (non-hydrogen) atoms. The number of aromatic nitrogens is 2. The fourth-order valence-electron chi connectivity index (χ4n) is 3.15. The van der Waals surface area contributed by atoms with Crippen LogP contribution in [0.15, 0.2) is 0 Å². The second-order valence-corrected chi connectivity index (χ2v) is 6.10. The number of rotatable bonds is 4. The molecular formula is C15H28N4. The Labute approximate surface area is 116 Å². The third kappa shape index (κ3) is 2.88. The minimum atomic E-state index is 0.524. The van der Waals surface area contributed by atoms with Gasteiger partial charge in [-0.15, -0.1) is 0 Å². The van der Waals surface area contributed by atoms with Crippen LogP contribution in [0.5, 0.6) is 0 Å². The van der Waals surface area contributed by atoms with Crippen molar-refractivity contribution in [1.29, 1.82) is 0 Å². The third-order valence-corrected chi connectivity index (χ3v) is 4.68. The topological polar surface area (TPSA) is 55.9 Å². The maximum atomic E-state index is 6.24. The van der Waals surface area contributed by atoms with E-state index < -0.39 is 0 Å². The quantitative estimate of drug-likeness (QED) is 0.878. The fraction of sp³-hybridized carbons (Fsp3) is 0.800. The van der Waals surface area contributed by atoms with Crippen molar-refractivity contribution in [3.63, 3.8) is 0 Å². The minimum Gasteiger partial charge on any atom is -0.394 e. The Balaban J connectivity index is 2.14. The van der Waals surface area contributed by atoms with E-state index in [4.69, 9.17) is 5.73 Å². The Morgan fingerprint density at radius 2 is 2.11 bits per heavy atom. The molecule has 1 aromatic heterocycles. The summed E-state index contributed by atoms with van der Waals surface area (Å²) in [6.07, 6.45) is 5.93. The lowest BCUT2D eigenvalue weighted by atomic mass is 9.78. The van der Waals surface area contributed by atoms with Gasteiger partial charge in [-0.2, -0.15) is 5.10 Å². The number of hydrogen-bond acceptors (Lipinski definition) is 3. The zero-order chi connectivity index (χ0) is 14.0. The summed E-state index contributed by atoms with van der Waals surface area (Å²) in [7, 11) is 1.98. The highest BCUT2D eigenvalue weighted by Crippen LogP contribution is 2.33. The SMILES string of the molecule is CCCc1nn(C)c(NC2CCCC(C)C2C)c1N. The molecule has 0 bridgehead atoms. The maximum absolute atomic E-state index is 6.24. The van der Waals surface area contributed by atoms with E-state index in [1.165, 1.54) is 19.3 Å². The van der Waals surface area contributed by atoms with Crippen molar-refractivity contribution in [3.05, 3.63) is 5.69 Å². The van der Waals surface area contributed by atoms with Crippen molar-refractivity contribution in [3.8, 4) is 0 Å². The molecule has 3 unspecified atom stereocenters. The highest BCUT2D eigenvalue weighted by molar-refractivity contribution is 5.65. The van der Waals surface area contributed by atoms with Gasteiger partial charge in [-0.3, -0.25) is 4.68 Å². The van der Waals surface area contributed by atoms with Gasteiger partial charge in [-0.25, -0.2) is 0 Å². The van der Waals surface area contributed by atoms with Gasteiger partial charge in [-0.1, -0.05) is 40.0 Å². The first-order chi connectivity index (χ1) is 9.04. The van der Waals surface area contributed by atoms with Gasteiger partial charge in [0.2, 0.25) is 0 Å². The fourth-order valence-corrected chi connectivity index (χ4v) is 3.15. The summed E-state index contributed by atoms with van der Waals surface area (Å²) in [6, 6.07) is 0.524. The lowest BCUT2D eigenvalue weighted by Gasteiger charge is -2.35. The molecule has 0 spiro atoms. The number of nitrogen functional groups attached to an aromatic ring is 1. The van der Waals surface area contributed by atoms with Crippen LogP contribution in [0.1, 0.15) is 52.1 Å². The number of nitrogens with zero attached hydrogens (tertiary/aromatic N) is 2. The van der Waals surface area contributed by atoms with Gasteiger partial charge in [0.05, 0.1) is 11.4 Å². The van der Waals surface area contributed by atoms with Crippen molar-refractivity contribution < 1.29 is 0 Å². The minimum absolute atomic E-state index is 0.524. The van der Waals surface area contributed by atoms with E-state index >= 15 is 0 Å². The average molecular weight is 264 g/mol. The van der Waals surface area contributed by atoms with Crippen molar-refractivity contribution in [1.82, 2.24) is 9.78 Å². The Kier molecular flexibility index (Phi) is 4.38. The van der Waals surface area contributed by atoms with Crippen molar-refractivity contribution in [2.75, 3.05) is 11.1 Å². The summed E-state index contributed by atoms with van der Waals surface area (Å²) in [5, 5.41) is 8.19. The molecule has 1 aliphatic carbocycles.